The summed E-state index contributed by atoms with van der Waals surface area (Å²) < 4.78 is 0. The molecule has 5 heteroatoms. The van der Waals surface area contributed by atoms with Gasteiger partial charge in [0, 0.05) is 16.7 Å². The van der Waals surface area contributed by atoms with E-state index in [4.69, 9.17) is 0 Å². The molecular weight excluding hydrogens is 248 g/mol. The summed E-state index contributed by atoms with van der Waals surface area (Å²) >= 11 is 1.61. The maximum atomic E-state index is 11.9. The highest BCUT2D eigenvalue weighted by Crippen LogP contribution is 2.20. The molecule has 0 unspecified atom stereocenters. The number of nitrogens with one attached hydrogen (secondary N) is 1. The lowest BCUT2D eigenvalue weighted by Crippen LogP contribution is -2.12. The van der Waals surface area contributed by atoms with Gasteiger partial charge in [0.15, 0.2) is 11.6 Å². The summed E-state index contributed by atoms with van der Waals surface area (Å²) in [5.74, 6) is -0.181. The second-order valence-corrected chi connectivity index (χ2v) is 4.43. The fourth-order valence-electron chi connectivity index (χ4n) is 1.42. The molecule has 0 radical (unpaired) electrons. The van der Waals surface area contributed by atoms with Gasteiger partial charge in [0.2, 0.25) is 0 Å². The monoisotopic (exact) mass is 260 g/mol. The number of nitrogens with zero attached hydrogens (tertiary/aromatic N) is 1. The smallest absolute Gasteiger partial charge is 0.256 e. The minimum atomic E-state index is -0.295. The van der Waals surface area contributed by atoms with Gasteiger partial charge in [-0.2, -0.15) is 0 Å². The van der Waals surface area contributed by atoms with Crippen LogP contribution in [-0.4, -0.2) is 22.3 Å². The number of amides is 1. The van der Waals surface area contributed by atoms with Crippen molar-refractivity contribution in [3.05, 3.63) is 48.2 Å². The van der Waals surface area contributed by atoms with E-state index in [0.717, 1.165) is 4.90 Å². The predicted octanol–water partition coefficient (Wildman–Crippen LogP) is 2.76. The Balaban J connectivity index is 2.14. The molecule has 2 rings (SSSR count). The summed E-state index contributed by atoms with van der Waals surface area (Å²) in [5.41, 5.74) is 0.526. The lowest BCUT2D eigenvalue weighted by Gasteiger charge is -2.06. The van der Waals surface area contributed by atoms with Crippen molar-refractivity contribution in [2.75, 3.05) is 11.6 Å². The van der Waals surface area contributed by atoms with Crippen LogP contribution in [0.2, 0.25) is 0 Å². The van der Waals surface area contributed by atoms with Crippen LogP contribution in [0.1, 0.15) is 10.4 Å². The van der Waals surface area contributed by atoms with Gasteiger partial charge in [0.05, 0.1) is 0 Å². The number of carbonyl (C=O) groups is 1. The van der Waals surface area contributed by atoms with Gasteiger partial charge < -0.3 is 10.4 Å². The molecular formula is C13H12N2O2S. The summed E-state index contributed by atoms with van der Waals surface area (Å²) in [6.45, 7) is 0. The van der Waals surface area contributed by atoms with Gasteiger partial charge in [0.1, 0.15) is 0 Å². The highest BCUT2D eigenvalue weighted by Gasteiger charge is 2.09. The molecule has 4 nitrogen and oxygen atoms in total. The molecule has 0 saturated carbocycles. The van der Waals surface area contributed by atoms with Crippen LogP contribution in [-0.2, 0) is 0 Å². The maximum Gasteiger partial charge on any atom is 0.256 e. The van der Waals surface area contributed by atoms with E-state index in [-0.39, 0.29) is 17.5 Å². The van der Waals surface area contributed by atoms with Crippen molar-refractivity contribution >= 4 is 23.5 Å². The van der Waals surface area contributed by atoms with Crippen LogP contribution in [0.25, 0.3) is 0 Å². The Hall–Kier alpha value is -2.01. The van der Waals surface area contributed by atoms with Gasteiger partial charge in [-0.1, -0.05) is 0 Å². The third-order valence-corrected chi connectivity index (χ3v) is 3.11. The number of rotatable bonds is 3. The number of pyridine rings is 1. The topological polar surface area (TPSA) is 62.2 Å². The predicted molar refractivity (Wildman–Crippen MR) is 72.1 cm³/mol. The van der Waals surface area contributed by atoms with E-state index in [2.05, 4.69) is 10.3 Å². The van der Waals surface area contributed by atoms with Gasteiger partial charge in [-0.25, -0.2) is 4.98 Å². The average Bonchev–Trinajstić information content (AvgIpc) is 2.41. The van der Waals surface area contributed by atoms with E-state index in [1.165, 1.54) is 12.3 Å². The molecule has 0 bridgehead atoms. The largest absolute Gasteiger partial charge is 0.504 e. The van der Waals surface area contributed by atoms with Gasteiger partial charge in [-0.3, -0.25) is 4.79 Å². The molecule has 0 aliphatic carbocycles. The average molecular weight is 260 g/mol. The molecule has 1 aromatic carbocycles. The van der Waals surface area contributed by atoms with Crippen LogP contribution in [0, 0.1) is 0 Å². The first-order chi connectivity index (χ1) is 8.70. The van der Waals surface area contributed by atoms with Crippen LogP contribution in [0.4, 0.5) is 5.82 Å². The summed E-state index contributed by atoms with van der Waals surface area (Å²) in [6, 6.07) is 10.3. The zero-order chi connectivity index (χ0) is 13.0. The van der Waals surface area contributed by atoms with E-state index < -0.39 is 0 Å². The van der Waals surface area contributed by atoms with Crippen LogP contribution in [0.5, 0.6) is 5.75 Å². The van der Waals surface area contributed by atoms with Crippen molar-refractivity contribution in [2.24, 2.45) is 0 Å². The summed E-state index contributed by atoms with van der Waals surface area (Å²) in [4.78, 5) is 16.9. The lowest BCUT2D eigenvalue weighted by atomic mass is 10.2. The summed E-state index contributed by atoms with van der Waals surface area (Å²) in [6.07, 6.45) is 3.48. The number of thioether (sulfide) groups is 1. The molecule has 0 aliphatic rings. The van der Waals surface area contributed by atoms with Crippen LogP contribution in [0.3, 0.4) is 0 Å². The Kier molecular flexibility index (Phi) is 3.84. The van der Waals surface area contributed by atoms with Crippen molar-refractivity contribution < 1.29 is 9.90 Å². The molecule has 0 fully saturated rings. The van der Waals surface area contributed by atoms with Crippen molar-refractivity contribution in [2.45, 2.75) is 4.90 Å². The standard InChI is InChI=1S/C13H12N2O2S/c1-18-10-6-4-9(5-7-10)13(17)15-12-11(16)3-2-8-14-12/h2-8,16H,1H3,(H,14,15,17). The van der Waals surface area contributed by atoms with Gasteiger partial charge in [-0.05, 0) is 42.7 Å². The number of hydrogen-bond acceptors (Lipinski definition) is 4. The van der Waals surface area contributed by atoms with Gasteiger partial charge in [0.25, 0.3) is 5.91 Å². The zero-order valence-corrected chi connectivity index (χ0v) is 10.6. The van der Waals surface area contributed by atoms with Crippen LogP contribution >= 0.6 is 11.8 Å². The molecule has 0 spiro atoms. The molecule has 2 N–H and O–H groups in total. The highest BCUT2D eigenvalue weighted by atomic mass is 32.2. The number of benzene rings is 1. The van der Waals surface area contributed by atoms with Crippen molar-refractivity contribution in [3.8, 4) is 5.75 Å². The number of aromatic nitrogens is 1. The Morgan fingerprint density at radius 3 is 2.61 bits per heavy atom. The number of aromatic hydroxyl groups is 1. The molecule has 1 heterocycles. The summed E-state index contributed by atoms with van der Waals surface area (Å²) in [5, 5.41) is 12.1. The normalized spacial score (nSPS) is 10.1. The van der Waals surface area contributed by atoms with Crippen LogP contribution in [0.15, 0.2) is 47.5 Å². The van der Waals surface area contributed by atoms with Gasteiger partial charge in [-0.15, -0.1) is 11.8 Å². The maximum absolute atomic E-state index is 11.9. The minimum Gasteiger partial charge on any atom is -0.504 e. The third-order valence-electron chi connectivity index (χ3n) is 2.37. The first kappa shape index (κ1) is 12.4. The molecule has 18 heavy (non-hydrogen) atoms. The van der Waals surface area contributed by atoms with E-state index in [1.807, 2.05) is 18.4 Å². The Labute approximate surface area is 109 Å². The fraction of sp³-hybridized carbons (Fsp3) is 0.0769. The number of carbonyl (C=O) groups excluding carboxylic acids is 1. The quantitative estimate of drug-likeness (QED) is 0.833. The second-order valence-electron chi connectivity index (χ2n) is 3.55. The van der Waals surface area contributed by atoms with E-state index in [0.29, 0.717) is 5.56 Å². The van der Waals surface area contributed by atoms with Crippen molar-refractivity contribution in [1.82, 2.24) is 4.98 Å². The minimum absolute atomic E-state index is 0.0495. The highest BCUT2D eigenvalue weighted by molar-refractivity contribution is 7.98. The Bertz CT molecular complexity index is 555. The molecule has 0 aliphatic heterocycles. The van der Waals surface area contributed by atoms with Crippen LogP contribution < -0.4 is 5.32 Å². The zero-order valence-electron chi connectivity index (χ0n) is 9.75. The Morgan fingerprint density at radius 2 is 2.00 bits per heavy atom. The SMILES string of the molecule is CSc1ccc(C(=O)Nc2ncccc2O)cc1. The third kappa shape index (κ3) is 2.81. The molecule has 1 amide bonds. The molecule has 0 atom stereocenters. The van der Waals surface area contributed by atoms with E-state index >= 15 is 0 Å². The Morgan fingerprint density at radius 1 is 1.28 bits per heavy atom. The van der Waals surface area contributed by atoms with Gasteiger partial charge >= 0.3 is 0 Å². The number of hydrogen-bond donors (Lipinski definition) is 2. The summed E-state index contributed by atoms with van der Waals surface area (Å²) in [7, 11) is 0. The molecule has 0 saturated heterocycles. The molecule has 2 aromatic rings. The van der Waals surface area contributed by atoms with Crippen molar-refractivity contribution in [3.63, 3.8) is 0 Å². The van der Waals surface area contributed by atoms with E-state index in [9.17, 15) is 9.90 Å². The first-order valence-corrected chi connectivity index (χ1v) is 6.52. The first-order valence-electron chi connectivity index (χ1n) is 5.30. The fourth-order valence-corrected chi connectivity index (χ4v) is 1.82. The van der Waals surface area contributed by atoms with E-state index in [1.54, 1.807) is 30.0 Å². The lowest BCUT2D eigenvalue weighted by molar-refractivity contribution is 0.102. The molecule has 1 aromatic heterocycles. The second kappa shape index (κ2) is 5.55. The number of anilines is 1. The van der Waals surface area contributed by atoms with Crippen molar-refractivity contribution in [1.29, 1.82) is 0 Å². The molecule has 92 valence electrons.